The van der Waals surface area contributed by atoms with Gasteiger partial charge in [0.15, 0.2) is 0 Å². The van der Waals surface area contributed by atoms with Crippen molar-refractivity contribution in [2.75, 3.05) is 33.2 Å². The molecule has 0 radical (unpaired) electrons. The van der Waals surface area contributed by atoms with Crippen molar-refractivity contribution in [2.45, 2.75) is 62.3 Å². The number of hydrogen-bond acceptors (Lipinski definition) is 4. The van der Waals surface area contributed by atoms with E-state index in [1.807, 2.05) is 29.9 Å². The molecule has 2 aliphatic rings. The molecule has 0 bridgehead atoms. The minimum absolute atomic E-state index is 0.0197. The molecule has 1 saturated heterocycles. The molecule has 1 amide bonds. The van der Waals surface area contributed by atoms with Gasteiger partial charge in [-0.2, -0.15) is 4.31 Å². The van der Waals surface area contributed by atoms with Crippen molar-refractivity contribution >= 4 is 26.8 Å². The Hall–Kier alpha value is -1.90. The van der Waals surface area contributed by atoms with E-state index in [0.717, 1.165) is 30.3 Å². The lowest BCUT2D eigenvalue weighted by molar-refractivity contribution is -0.126. The van der Waals surface area contributed by atoms with Crippen LogP contribution in [0.5, 0.6) is 0 Å². The van der Waals surface area contributed by atoms with Gasteiger partial charge in [0.05, 0.1) is 10.8 Å². The molecule has 2 heterocycles. The number of carbonyl (C=O) groups excluding carboxylic acids is 1. The largest absolute Gasteiger partial charge is 0.356 e. The number of aryl methyl sites for hydroxylation is 1. The van der Waals surface area contributed by atoms with Crippen LogP contribution >= 0.6 is 0 Å². The number of piperidine rings is 1. The number of sulfonamides is 1. The molecular weight excluding hydrogens is 436 g/mol. The summed E-state index contributed by atoms with van der Waals surface area (Å²) in [6.45, 7) is 2.34. The van der Waals surface area contributed by atoms with Crippen LogP contribution in [0.2, 0.25) is 0 Å². The second-order valence-corrected chi connectivity index (χ2v) is 11.7. The fourth-order valence-corrected chi connectivity index (χ4v) is 6.89. The van der Waals surface area contributed by atoms with Gasteiger partial charge in [-0.25, -0.2) is 8.42 Å². The van der Waals surface area contributed by atoms with Gasteiger partial charge < -0.3 is 14.8 Å². The normalized spacial score (nSPS) is 21.0. The van der Waals surface area contributed by atoms with E-state index in [9.17, 15) is 13.2 Å². The lowest BCUT2D eigenvalue weighted by atomic mass is 9.94. The summed E-state index contributed by atoms with van der Waals surface area (Å²) in [6.07, 6.45) is 10.9. The van der Waals surface area contributed by atoms with E-state index in [0.29, 0.717) is 30.4 Å². The van der Waals surface area contributed by atoms with Crippen molar-refractivity contribution in [1.82, 2.24) is 19.1 Å². The molecule has 7 nitrogen and oxygen atoms in total. The predicted molar refractivity (Wildman–Crippen MR) is 132 cm³/mol. The number of hydrogen-bond donors (Lipinski definition) is 1. The summed E-state index contributed by atoms with van der Waals surface area (Å²) in [5.41, 5.74) is 0.999. The van der Waals surface area contributed by atoms with E-state index >= 15 is 0 Å². The first-order valence-electron chi connectivity index (χ1n) is 12.4. The van der Waals surface area contributed by atoms with Crippen LogP contribution in [-0.4, -0.2) is 67.4 Å². The third kappa shape index (κ3) is 5.61. The number of nitrogens with zero attached hydrogens (tertiary/aromatic N) is 3. The van der Waals surface area contributed by atoms with Gasteiger partial charge in [-0.15, -0.1) is 0 Å². The summed E-state index contributed by atoms with van der Waals surface area (Å²) in [5, 5.41) is 3.97. The first kappa shape index (κ1) is 24.2. The predicted octanol–water partition coefficient (Wildman–Crippen LogP) is 3.35. The Morgan fingerprint density at radius 2 is 1.91 bits per heavy atom. The molecule has 1 unspecified atom stereocenters. The Balaban J connectivity index is 1.29. The van der Waals surface area contributed by atoms with Crippen LogP contribution in [0.15, 0.2) is 35.4 Å². The third-order valence-electron chi connectivity index (χ3n) is 7.43. The Bertz CT molecular complexity index is 1060. The molecule has 1 aromatic heterocycles. The maximum atomic E-state index is 13.3. The highest BCUT2D eigenvalue weighted by atomic mass is 32.2. The van der Waals surface area contributed by atoms with E-state index in [-0.39, 0.29) is 18.4 Å². The molecule has 1 aliphatic heterocycles. The molecule has 182 valence electrons. The molecule has 2 aromatic rings. The van der Waals surface area contributed by atoms with E-state index in [1.165, 1.54) is 36.4 Å². The summed E-state index contributed by atoms with van der Waals surface area (Å²) in [5.74, 6) is -0.307. The molecule has 1 atom stereocenters. The average molecular weight is 475 g/mol. The summed E-state index contributed by atoms with van der Waals surface area (Å²) in [6, 6.07) is 7.86. The van der Waals surface area contributed by atoms with Crippen molar-refractivity contribution in [3.05, 3.63) is 30.5 Å². The Morgan fingerprint density at radius 1 is 1.12 bits per heavy atom. The quantitative estimate of drug-likeness (QED) is 0.596. The van der Waals surface area contributed by atoms with Gasteiger partial charge in [-0.05, 0) is 70.0 Å². The highest BCUT2D eigenvalue weighted by Crippen LogP contribution is 2.27. The lowest BCUT2D eigenvalue weighted by Gasteiger charge is -2.32. The zero-order chi connectivity index (χ0) is 23.4. The van der Waals surface area contributed by atoms with Gasteiger partial charge >= 0.3 is 0 Å². The second-order valence-electron chi connectivity index (χ2n) is 9.77. The molecule has 2 fully saturated rings. The molecule has 1 aromatic carbocycles. The van der Waals surface area contributed by atoms with E-state index in [2.05, 4.69) is 17.3 Å². The molecule has 0 spiro atoms. The van der Waals surface area contributed by atoms with E-state index in [1.54, 1.807) is 12.1 Å². The van der Waals surface area contributed by atoms with Gasteiger partial charge in [0.1, 0.15) is 0 Å². The fourth-order valence-electron chi connectivity index (χ4n) is 5.33. The van der Waals surface area contributed by atoms with Crippen LogP contribution < -0.4 is 5.32 Å². The van der Waals surface area contributed by atoms with Crippen LogP contribution in [0.4, 0.5) is 0 Å². The van der Waals surface area contributed by atoms with Crippen LogP contribution in [0.1, 0.15) is 51.4 Å². The number of rotatable bonds is 8. The average Bonchev–Trinajstić information content (AvgIpc) is 3.22. The fraction of sp³-hybridized carbons (Fsp3) is 0.640. The maximum absolute atomic E-state index is 13.3. The second kappa shape index (κ2) is 10.6. The molecular formula is C25H38N4O3S. The van der Waals surface area contributed by atoms with Gasteiger partial charge in [0.2, 0.25) is 15.9 Å². The van der Waals surface area contributed by atoms with Crippen molar-refractivity contribution in [1.29, 1.82) is 0 Å². The van der Waals surface area contributed by atoms with Gasteiger partial charge in [0, 0.05) is 49.8 Å². The molecule has 33 heavy (non-hydrogen) atoms. The summed E-state index contributed by atoms with van der Waals surface area (Å²) in [4.78, 5) is 15.5. The topological polar surface area (TPSA) is 74.7 Å². The Labute approximate surface area is 198 Å². The Kier molecular flexibility index (Phi) is 7.76. The number of nitrogens with one attached hydrogen (secondary N) is 1. The van der Waals surface area contributed by atoms with Crippen molar-refractivity contribution in [3.63, 3.8) is 0 Å². The van der Waals surface area contributed by atoms with Gasteiger partial charge in [-0.3, -0.25) is 4.79 Å². The molecule has 1 N–H and O–H groups in total. The minimum Gasteiger partial charge on any atom is -0.356 e. The first-order chi connectivity index (χ1) is 15.9. The highest BCUT2D eigenvalue weighted by molar-refractivity contribution is 7.89. The number of aromatic nitrogens is 1. The Morgan fingerprint density at radius 3 is 2.70 bits per heavy atom. The van der Waals surface area contributed by atoms with Crippen molar-refractivity contribution in [3.8, 4) is 0 Å². The smallest absolute Gasteiger partial charge is 0.243 e. The van der Waals surface area contributed by atoms with Gasteiger partial charge in [0.25, 0.3) is 0 Å². The number of amides is 1. The molecule has 8 heteroatoms. The third-order valence-corrected chi connectivity index (χ3v) is 9.30. The summed E-state index contributed by atoms with van der Waals surface area (Å²) >= 11 is 0. The van der Waals surface area contributed by atoms with Crippen molar-refractivity contribution in [2.24, 2.45) is 13.0 Å². The van der Waals surface area contributed by atoms with Crippen molar-refractivity contribution < 1.29 is 13.2 Å². The highest BCUT2D eigenvalue weighted by Gasteiger charge is 2.33. The summed E-state index contributed by atoms with van der Waals surface area (Å²) in [7, 11) is 0.510. The maximum Gasteiger partial charge on any atom is 0.243 e. The van der Waals surface area contributed by atoms with Crippen LogP contribution in [0, 0.1) is 5.92 Å². The first-order valence-corrected chi connectivity index (χ1v) is 13.8. The van der Waals surface area contributed by atoms with Crippen LogP contribution in [0.25, 0.3) is 10.9 Å². The van der Waals surface area contributed by atoms with E-state index in [4.69, 9.17) is 0 Å². The summed E-state index contributed by atoms with van der Waals surface area (Å²) < 4.78 is 30.0. The van der Waals surface area contributed by atoms with E-state index < -0.39 is 10.0 Å². The number of carbonyl (C=O) groups is 1. The van der Waals surface area contributed by atoms with Crippen LogP contribution in [-0.2, 0) is 21.9 Å². The number of fused-ring (bicyclic) bond motifs is 1. The zero-order valence-corrected chi connectivity index (χ0v) is 20.8. The molecule has 1 aliphatic carbocycles. The molecule has 4 rings (SSSR count). The SMILES string of the molecule is CN(CCCNC(=O)C1CCCN(S(=O)(=O)c2ccc3c(ccn3C)c2)C1)C1CCCCC1. The van der Waals surface area contributed by atoms with Gasteiger partial charge in [-0.1, -0.05) is 19.3 Å². The number of benzene rings is 1. The molecule has 1 saturated carbocycles. The minimum atomic E-state index is -3.62. The van der Waals surface area contributed by atoms with Crippen LogP contribution in [0.3, 0.4) is 0 Å². The zero-order valence-electron chi connectivity index (χ0n) is 20.0. The lowest BCUT2D eigenvalue weighted by Crippen LogP contribution is -2.45. The monoisotopic (exact) mass is 474 g/mol. The standard InChI is InChI=1S/C25H38N4O3S/c1-27(22-9-4-3-5-10-22)15-7-14-26-25(30)21-8-6-16-29(19-21)33(31,32)23-11-12-24-20(18-23)13-17-28(24)2/h11-13,17-18,21-22H,3-10,14-16,19H2,1-2H3,(H,26,30).